The monoisotopic (exact) mass is 286 g/mol. The van der Waals surface area contributed by atoms with Gasteiger partial charge in [-0.1, -0.05) is 69.4 Å². The zero-order valence-electron chi connectivity index (χ0n) is 13.7. The summed E-state index contributed by atoms with van der Waals surface area (Å²) in [6.07, 6.45) is 13.1. The molecule has 1 aromatic rings. The molecule has 1 aliphatic heterocycles. The van der Waals surface area contributed by atoms with Gasteiger partial charge in [-0.3, -0.25) is 0 Å². The first-order valence-corrected chi connectivity index (χ1v) is 8.61. The van der Waals surface area contributed by atoms with Gasteiger partial charge in [0.15, 0.2) is 0 Å². The Labute approximate surface area is 130 Å². The smallest absolute Gasteiger partial charge is 0.127 e. The highest BCUT2D eigenvalue weighted by Gasteiger charge is 2.25. The maximum Gasteiger partial charge on any atom is 0.127 e. The van der Waals surface area contributed by atoms with Crippen molar-refractivity contribution in [3.8, 4) is 0 Å². The van der Waals surface area contributed by atoms with E-state index < -0.39 is 0 Å². The van der Waals surface area contributed by atoms with Crippen LogP contribution in [-0.2, 0) is 0 Å². The molecule has 0 N–H and O–H groups in total. The van der Waals surface area contributed by atoms with Gasteiger partial charge in [0.25, 0.3) is 0 Å². The number of unbranched alkanes of at least 4 members (excludes halogenated alkanes) is 5. The van der Waals surface area contributed by atoms with Crippen molar-refractivity contribution in [2.75, 3.05) is 13.1 Å². The molecule has 0 fully saturated rings. The maximum atomic E-state index is 2.50. The highest BCUT2D eigenvalue weighted by molar-refractivity contribution is 5.21. The van der Waals surface area contributed by atoms with E-state index in [2.05, 4.69) is 66.4 Å². The summed E-state index contributed by atoms with van der Waals surface area (Å²) in [6.45, 7) is 6.73. The van der Waals surface area contributed by atoms with Crippen molar-refractivity contribution in [2.24, 2.45) is 0 Å². The van der Waals surface area contributed by atoms with E-state index in [0.717, 1.165) is 6.54 Å². The minimum Gasteiger partial charge on any atom is -0.353 e. The van der Waals surface area contributed by atoms with Crippen LogP contribution in [0.2, 0.25) is 0 Å². The third-order valence-electron chi connectivity index (χ3n) is 4.31. The topological polar surface area (TPSA) is 6.48 Å². The van der Waals surface area contributed by atoms with Crippen molar-refractivity contribution in [2.45, 2.75) is 58.5 Å². The molecule has 0 bridgehead atoms. The van der Waals surface area contributed by atoms with E-state index in [9.17, 15) is 0 Å². The van der Waals surface area contributed by atoms with Crippen molar-refractivity contribution in [3.05, 3.63) is 48.3 Å². The molecule has 1 aromatic carbocycles. The Hall–Kier alpha value is -1.44. The molecular formula is C19H30N2. The third kappa shape index (κ3) is 4.52. The van der Waals surface area contributed by atoms with Crippen molar-refractivity contribution >= 4 is 0 Å². The number of nitrogens with zero attached hydrogens (tertiary/aromatic N) is 2. The molecule has 2 heteroatoms. The quantitative estimate of drug-likeness (QED) is 0.579. The molecule has 0 spiro atoms. The van der Waals surface area contributed by atoms with Gasteiger partial charge in [0.05, 0.1) is 0 Å². The molecule has 1 heterocycles. The number of hydrogen-bond donors (Lipinski definition) is 0. The van der Waals surface area contributed by atoms with Crippen molar-refractivity contribution in [3.63, 3.8) is 0 Å². The summed E-state index contributed by atoms with van der Waals surface area (Å²) in [6, 6.07) is 10.9. The molecule has 2 nitrogen and oxygen atoms in total. The first-order valence-electron chi connectivity index (χ1n) is 8.61. The third-order valence-corrected chi connectivity index (χ3v) is 4.31. The van der Waals surface area contributed by atoms with E-state index in [1.54, 1.807) is 0 Å². The van der Waals surface area contributed by atoms with Crippen molar-refractivity contribution < 1.29 is 0 Å². The molecule has 116 valence electrons. The molecule has 1 atom stereocenters. The van der Waals surface area contributed by atoms with E-state index in [1.807, 2.05) is 0 Å². The molecule has 21 heavy (non-hydrogen) atoms. The Morgan fingerprint density at radius 2 is 1.48 bits per heavy atom. The molecule has 1 aliphatic rings. The zero-order valence-corrected chi connectivity index (χ0v) is 13.7. The first kappa shape index (κ1) is 15.9. The van der Waals surface area contributed by atoms with Gasteiger partial charge in [-0.15, -0.1) is 0 Å². The van der Waals surface area contributed by atoms with Crippen molar-refractivity contribution in [1.29, 1.82) is 0 Å². The highest BCUT2D eigenvalue weighted by atomic mass is 15.4. The van der Waals surface area contributed by atoms with Crippen molar-refractivity contribution in [1.82, 2.24) is 9.80 Å². The number of hydrogen-bond acceptors (Lipinski definition) is 2. The zero-order chi connectivity index (χ0) is 14.9. The number of benzene rings is 1. The summed E-state index contributed by atoms with van der Waals surface area (Å²) in [4.78, 5) is 4.92. The summed E-state index contributed by atoms with van der Waals surface area (Å²) >= 11 is 0. The summed E-state index contributed by atoms with van der Waals surface area (Å²) in [5.74, 6) is 0. The van der Waals surface area contributed by atoms with Crippen LogP contribution in [0, 0.1) is 0 Å². The van der Waals surface area contributed by atoms with Crippen LogP contribution in [0.15, 0.2) is 42.7 Å². The van der Waals surface area contributed by atoms with Crippen LogP contribution in [0.4, 0.5) is 0 Å². The lowest BCUT2D eigenvalue weighted by atomic mass is 10.1. The van der Waals surface area contributed by atoms with Crippen LogP contribution in [0.3, 0.4) is 0 Å². The Bertz CT molecular complexity index is 413. The Kier molecular flexibility index (Phi) is 6.65. The molecule has 0 saturated heterocycles. The standard InChI is InChI=1S/C19H30N2/c1-3-5-6-7-8-12-15-21-17-16-20(4-2)19(21)18-13-10-9-11-14-18/h9-11,13-14,16-17,19H,3-8,12,15H2,1-2H3. The summed E-state index contributed by atoms with van der Waals surface area (Å²) in [5.41, 5.74) is 1.40. The Balaban J connectivity index is 1.85. The first-order chi connectivity index (χ1) is 10.4. The largest absolute Gasteiger partial charge is 0.353 e. The molecule has 0 radical (unpaired) electrons. The molecule has 2 rings (SSSR count). The second-order valence-corrected chi connectivity index (χ2v) is 5.92. The van der Waals surface area contributed by atoms with E-state index in [4.69, 9.17) is 0 Å². The van der Waals surface area contributed by atoms with Gasteiger partial charge in [-0.2, -0.15) is 0 Å². The van der Waals surface area contributed by atoms with Crippen LogP contribution >= 0.6 is 0 Å². The molecule has 1 unspecified atom stereocenters. The lowest BCUT2D eigenvalue weighted by molar-refractivity contribution is 0.157. The molecule has 0 amide bonds. The fourth-order valence-electron chi connectivity index (χ4n) is 3.08. The second kappa shape index (κ2) is 8.76. The fraction of sp³-hybridized carbons (Fsp3) is 0.579. The number of rotatable bonds is 9. The lowest BCUT2D eigenvalue weighted by Crippen LogP contribution is -2.31. The van der Waals surface area contributed by atoms with Crippen LogP contribution in [0.25, 0.3) is 0 Å². The normalized spacial score (nSPS) is 17.7. The van der Waals surface area contributed by atoms with Gasteiger partial charge in [-0.25, -0.2) is 0 Å². The lowest BCUT2D eigenvalue weighted by Gasteiger charge is -2.32. The van der Waals surface area contributed by atoms with E-state index in [0.29, 0.717) is 6.17 Å². The Morgan fingerprint density at radius 1 is 0.810 bits per heavy atom. The molecule has 0 aliphatic carbocycles. The van der Waals surface area contributed by atoms with Gasteiger partial charge in [-0.05, 0) is 18.9 Å². The molecular weight excluding hydrogens is 256 g/mol. The van der Waals surface area contributed by atoms with Crippen LogP contribution < -0.4 is 0 Å². The highest BCUT2D eigenvalue weighted by Crippen LogP contribution is 2.30. The predicted octanol–water partition coefficient (Wildman–Crippen LogP) is 5.15. The van der Waals surface area contributed by atoms with E-state index in [1.165, 1.54) is 50.6 Å². The van der Waals surface area contributed by atoms with E-state index in [-0.39, 0.29) is 0 Å². The summed E-state index contributed by atoms with van der Waals surface area (Å²) < 4.78 is 0. The van der Waals surface area contributed by atoms with Gasteiger partial charge < -0.3 is 9.80 Å². The molecule has 0 aromatic heterocycles. The van der Waals surface area contributed by atoms with Gasteiger partial charge >= 0.3 is 0 Å². The Morgan fingerprint density at radius 3 is 2.19 bits per heavy atom. The van der Waals surface area contributed by atoms with Crippen LogP contribution in [-0.4, -0.2) is 22.9 Å². The van der Waals surface area contributed by atoms with Crippen LogP contribution in [0.1, 0.15) is 64.1 Å². The average molecular weight is 286 g/mol. The van der Waals surface area contributed by atoms with Gasteiger partial charge in [0, 0.05) is 25.5 Å². The van der Waals surface area contributed by atoms with E-state index >= 15 is 0 Å². The van der Waals surface area contributed by atoms with Crippen LogP contribution in [0.5, 0.6) is 0 Å². The second-order valence-electron chi connectivity index (χ2n) is 5.92. The SMILES string of the molecule is CCCCCCCCN1C=CN(CC)C1c1ccccc1. The maximum absolute atomic E-state index is 2.50. The minimum absolute atomic E-state index is 0.395. The molecule has 0 saturated carbocycles. The van der Waals surface area contributed by atoms with Gasteiger partial charge in [0.2, 0.25) is 0 Å². The summed E-state index contributed by atoms with van der Waals surface area (Å²) in [7, 11) is 0. The average Bonchev–Trinajstić information content (AvgIpc) is 2.94. The predicted molar refractivity (Wildman–Crippen MR) is 90.8 cm³/mol. The van der Waals surface area contributed by atoms with Gasteiger partial charge in [0.1, 0.15) is 6.17 Å². The fourth-order valence-corrected chi connectivity index (χ4v) is 3.08. The summed E-state index contributed by atoms with van der Waals surface area (Å²) in [5, 5.41) is 0. The minimum atomic E-state index is 0.395.